The minimum atomic E-state index is -3.63. The highest BCUT2D eigenvalue weighted by atomic mass is 32.2. The van der Waals surface area contributed by atoms with E-state index in [0.717, 1.165) is 0 Å². The van der Waals surface area contributed by atoms with Crippen molar-refractivity contribution in [2.45, 2.75) is 31.7 Å². The number of hydrogen-bond donors (Lipinski definition) is 2. The lowest BCUT2D eigenvalue weighted by Gasteiger charge is -2.21. The van der Waals surface area contributed by atoms with Gasteiger partial charge in [0.1, 0.15) is 11.2 Å². The lowest BCUT2D eigenvalue weighted by atomic mass is 10.1. The molecule has 0 bridgehead atoms. The molecule has 1 unspecified atom stereocenters. The predicted molar refractivity (Wildman–Crippen MR) is 67.7 cm³/mol. The van der Waals surface area contributed by atoms with Crippen molar-refractivity contribution >= 4 is 21.8 Å². The van der Waals surface area contributed by atoms with Crippen LogP contribution in [0.4, 0.5) is 5.82 Å². The van der Waals surface area contributed by atoms with Crippen molar-refractivity contribution in [3.63, 3.8) is 0 Å². The van der Waals surface area contributed by atoms with E-state index >= 15 is 0 Å². The molecule has 98 valence electrons. The number of nitrogens with one attached hydrogen (secondary N) is 2. The Morgan fingerprint density at radius 3 is 2.72 bits per heavy atom. The SMILES string of the molecule is CC(C)C(C)N=C1Nc2ncncc2S(=O)(=O)N1. The Labute approximate surface area is 106 Å². The van der Waals surface area contributed by atoms with Crippen LogP contribution in [0, 0.1) is 5.92 Å². The summed E-state index contributed by atoms with van der Waals surface area (Å²) in [4.78, 5) is 11.9. The van der Waals surface area contributed by atoms with Crippen molar-refractivity contribution in [1.29, 1.82) is 0 Å². The third kappa shape index (κ3) is 2.42. The zero-order valence-electron chi connectivity index (χ0n) is 10.4. The monoisotopic (exact) mass is 269 g/mol. The molecule has 2 heterocycles. The van der Waals surface area contributed by atoms with Gasteiger partial charge in [-0.05, 0) is 12.8 Å². The molecular weight excluding hydrogens is 254 g/mol. The second-order valence-corrected chi connectivity index (χ2v) is 6.08. The van der Waals surface area contributed by atoms with Crippen LogP contribution in [0.3, 0.4) is 0 Å². The summed E-state index contributed by atoms with van der Waals surface area (Å²) in [6.07, 6.45) is 2.54. The second-order valence-electron chi connectivity index (χ2n) is 4.43. The summed E-state index contributed by atoms with van der Waals surface area (Å²) in [7, 11) is -3.63. The number of hydrogen-bond acceptors (Lipinski definition) is 5. The van der Waals surface area contributed by atoms with Crippen LogP contribution in [0.15, 0.2) is 22.4 Å². The van der Waals surface area contributed by atoms with Crippen LogP contribution in [0.1, 0.15) is 20.8 Å². The second kappa shape index (κ2) is 4.52. The third-order valence-electron chi connectivity index (χ3n) is 2.73. The first-order valence-electron chi connectivity index (χ1n) is 5.58. The molecule has 1 aliphatic rings. The first kappa shape index (κ1) is 12.7. The van der Waals surface area contributed by atoms with E-state index in [0.29, 0.717) is 5.92 Å². The van der Waals surface area contributed by atoms with Gasteiger partial charge in [0.2, 0.25) is 5.96 Å². The van der Waals surface area contributed by atoms with Gasteiger partial charge in [-0.2, -0.15) is 0 Å². The highest BCUT2D eigenvalue weighted by Crippen LogP contribution is 2.20. The molecule has 2 rings (SSSR count). The molecule has 1 atom stereocenters. The van der Waals surface area contributed by atoms with Gasteiger partial charge in [0.05, 0.1) is 12.2 Å². The molecule has 2 N–H and O–H groups in total. The maximum atomic E-state index is 11.9. The number of anilines is 1. The predicted octanol–water partition coefficient (Wildman–Crippen LogP) is 0.581. The number of guanidine groups is 1. The van der Waals surface area contributed by atoms with Crippen molar-refractivity contribution in [2.75, 3.05) is 5.32 Å². The molecule has 0 saturated heterocycles. The molecule has 0 saturated carbocycles. The van der Waals surface area contributed by atoms with E-state index in [9.17, 15) is 8.42 Å². The summed E-state index contributed by atoms with van der Waals surface area (Å²) >= 11 is 0. The molecule has 18 heavy (non-hydrogen) atoms. The van der Waals surface area contributed by atoms with Gasteiger partial charge in [-0.15, -0.1) is 0 Å². The number of sulfonamides is 1. The average Bonchev–Trinajstić information content (AvgIpc) is 2.28. The van der Waals surface area contributed by atoms with Crippen LogP contribution >= 0.6 is 0 Å². The molecule has 0 aliphatic carbocycles. The largest absolute Gasteiger partial charge is 0.309 e. The van der Waals surface area contributed by atoms with Crippen molar-refractivity contribution in [1.82, 2.24) is 14.7 Å². The van der Waals surface area contributed by atoms with E-state index in [1.54, 1.807) is 0 Å². The van der Waals surface area contributed by atoms with Crippen molar-refractivity contribution < 1.29 is 8.42 Å². The fraction of sp³-hybridized carbons (Fsp3) is 0.500. The van der Waals surface area contributed by atoms with Crippen molar-refractivity contribution in [3.05, 3.63) is 12.5 Å². The Morgan fingerprint density at radius 2 is 2.06 bits per heavy atom. The maximum Gasteiger partial charge on any atom is 0.269 e. The summed E-state index contributed by atoms with van der Waals surface area (Å²) in [5, 5.41) is 2.85. The molecule has 0 aromatic carbocycles. The van der Waals surface area contributed by atoms with Gasteiger partial charge >= 0.3 is 0 Å². The molecule has 1 aromatic rings. The summed E-state index contributed by atoms with van der Waals surface area (Å²) in [5.74, 6) is 0.761. The number of fused-ring (bicyclic) bond motifs is 1. The van der Waals surface area contributed by atoms with E-state index in [4.69, 9.17) is 0 Å². The minimum absolute atomic E-state index is 0.00131. The van der Waals surface area contributed by atoms with E-state index in [2.05, 4.69) is 25.0 Å². The Morgan fingerprint density at radius 1 is 1.33 bits per heavy atom. The van der Waals surface area contributed by atoms with Gasteiger partial charge in [-0.1, -0.05) is 13.8 Å². The van der Waals surface area contributed by atoms with Gasteiger partial charge in [0.25, 0.3) is 10.0 Å². The fourth-order valence-electron chi connectivity index (χ4n) is 1.34. The normalized spacial score (nSPS) is 21.0. The molecule has 0 radical (unpaired) electrons. The molecule has 7 nitrogen and oxygen atoms in total. The van der Waals surface area contributed by atoms with Gasteiger partial charge in [0.15, 0.2) is 5.82 Å². The highest BCUT2D eigenvalue weighted by molar-refractivity contribution is 7.90. The van der Waals surface area contributed by atoms with E-state index in [1.807, 2.05) is 20.8 Å². The molecule has 0 amide bonds. The number of aromatic nitrogens is 2. The van der Waals surface area contributed by atoms with Crippen LogP contribution < -0.4 is 10.0 Å². The first-order valence-corrected chi connectivity index (χ1v) is 7.06. The number of nitrogens with zero attached hydrogens (tertiary/aromatic N) is 3. The van der Waals surface area contributed by atoms with Gasteiger partial charge in [0, 0.05) is 0 Å². The lowest BCUT2D eigenvalue weighted by molar-refractivity contribution is 0.529. The van der Waals surface area contributed by atoms with Crippen LogP contribution in [0.2, 0.25) is 0 Å². The fourth-order valence-corrected chi connectivity index (χ4v) is 2.36. The number of rotatable bonds is 2. The number of aliphatic imine (C=N–C) groups is 1. The molecule has 8 heteroatoms. The van der Waals surface area contributed by atoms with Crippen LogP contribution in [-0.2, 0) is 10.0 Å². The summed E-state index contributed by atoms with van der Waals surface area (Å²) in [6, 6.07) is -0.00131. The summed E-state index contributed by atoms with van der Waals surface area (Å²) < 4.78 is 26.2. The Hall–Kier alpha value is -1.70. The third-order valence-corrected chi connectivity index (χ3v) is 4.07. The molecule has 1 aromatic heterocycles. The minimum Gasteiger partial charge on any atom is -0.309 e. The zero-order valence-corrected chi connectivity index (χ0v) is 11.2. The highest BCUT2D eigenvalue weighted by Gasteiger charge is 2.28. The lowest BCUT2D eigenvalue weighted by Crippen LogP contribution is -2.42. The summed E-state index contributed by atoms with van der Waals surface area (Å²) in [6.45, 7) is 5.95. The van der Waals surface area contributed by atoms with Crippen molar-refractivity contribution in [2.24, 2.45) is 10.9 Å². The average molecular weight is 269 g/mol. The molecule has 0 fully saturated rings. The first-order chi connectivity index (χ1) is 8.40. The quantitative estimate of drug-likeness (QED) is 0.818. The van der Waals surface area contributed by atoms with Crippen LogP contribution in [0.5, 0.6) is 0 Å². The topological polar surface area (TPSA) is 96.3 Å². The zero-order chi connectivity index (χ0) is 13.3. The van der Waals surface area contributed by atoms with Gasteiger partial charge in [-0.25, -0.2) is 28.1 Å². The van der Waals surface area contributed by atoms with E-state index in [1.165, 1.54) is 12.5 Å². The Kier molecular flexibility index (Phi) is 3.20. The smallest absolute Gasteiger partial charge is 0.269 e. The molecular formula is C10H15N5O2S. The molecule has 0 spiro atoms. The van der Waals surface area contributed by atoms with Crippen LogP contribution in [0.25, 0.3) is 0 Å². The standard InChI is InChI=1S/C10H15N5O2S/c1-6(2)7(3)13-10-14-9-8(4-11-5-12-9)18(16,17)15-10/h4-7H,1-3H3,(H2,11,12,13,14,15). The summed E-state index contributed by atoms with van der Waals surface area (Å²) in [5.41, 5.74) is 0. The van der Waals surface area contributed by atoms with Crippen LogP contribution in [-0.4, -0.2) is 30.4 Å². The van der Waals surface area contributed by atoms with Gasteiger partial charge < -0.3 is 5.32 Å². The van der Waals surface area contributed by atoms with Crippen molar-refractivity contribution in [3.8, 4) is 0 Å². The Bertz CT molecular complexity index is 582. The maximum absolute atomic E-state index is 11.9. The van der Waals surface area contributed by atoms with E-state index < -0.39 is 10.0 Å². The van der Waals surface area contributed by atoms with E-state index in [-0.39, 0.29) is 22.7 Å². The van der Waals surface area contributed by atoms with Gasteiger partial charge in [-0.3, -0.25) is 0 Å². The molecule has 1 aliphatic heterocycles. The Balaban J connectivity index is 2.38.